The maximum Gasteiger partial charge on any atom is 0.200 e. The van der Waals surface area contributed by atoms with E-state index < -0.39 is 0 Å². The fraction of sp³-hybridized carbons (Fsp3) is 0.308. The number of aromatic nitrogens is 2. The van der Waals surface area contributed by atoms with Gasteiger partial charge in [0, 0.05) is 6.04 Å². The molecule has 0 saturated heterocycles. The number of imidazole rings is 1. The highest BCUT2D eigenvalue weighted by Crippen LogP contribution is 2.26. The summed E-state index contributed by atoms with van der Waals surface area (Å²) >= 11 is 0. The van der Waals surface area contributed by atoms with Gasteiger partial charge in [0.05, 0.1) is 11.9 Å². The Kier molecular flexibility index (Phi) is 3.41. The van der Waals surface area contributed by atoms with Crippen molar-refractivity contribution in [2.75, 3.05) is 5.73 Å². The second-order valence-electron chi connectivity index (χ2n) is 4.33. The molecule has 0 aliphatic rings. The Morgan fingerprint density at radius 2 is 2.11 bits per heavy atom. The zero-order valence-electron chi connectivity index (χ0n) is 10.5. The number of phenolic OH excluding ortho intramolecular Hbond substituents is 1. The normalized spacial score (nSPS) is 10.8. The minimum Gasteiger partial charge on any atom is -0.504 e. The molecular formula is C13H17N3O2. The first-order chi connectivity index (χ1) is 8.59. The van der Waals surface area contributed by atoms with Crippen LogP contribution in [-0.4, -0.2) is 14.7 Å². The van der Waals surface area contributed by atoms with Crippen LogP contribution in [0.25, 0.3) is 0 Å². The maximum atomic E-state index is 9.60. The molecule has 0 aliphatic heterocycles. The highest BCUT2D eigenvalue weighted by molar-refractivity contribution is 5.38. The first-order valence-corrected chi connectivity index (χ1v) is 5.82. The molecule has 96 valence electrons. The smallest absolute Gasteiger partial charge is 0.200 e. The topological polar surface area (TPSA) is 73.3 Å². The van der Waals surface area contributed by atoms with Gasteiger partial charge in [-0.25, -0.2) is 4.98 Å². The molecule has 3 N–H and O–H groups in total. The number of aromatic hydroxyl groups is 1. The van der Waals surface area contributed by atoms with Crippen molar-refractivity contribution < 1.29 is 9.84 Å². The van der Waals surface area contributed by atoms with Gasteiger partial charge in [-0.3, -0.25) is 0 Å². The monoisotopic (exact) mass is 247 g/mol. The van der Waals surface area contributed by atoms with E-state index in [4.69, 9.17) is 10.5 Å². The van der Waals surface area contributed by atoms with Crippen LogP contribution < -0.4 is 10.5 Å². The fourth-order valence-electron chi connectivity index (χ4n) is 1.85. The molecule has 1 heterocycles. The first kappa shape index (κ1) is 12.3. The van der Waals surface area contributed by atoms with E-state index in [0.29, 0.717) is 18.3 Å². The number of nitrogens with two attached hydrogens (primary N) is 1. The zero-order valence-corrected chi connectivity index (χ0v) is 10.5. The van der Waals surface area contributed by atoms with Gasteiger partial charge in [-0.05, 0) is 26.0 Å². The average Bonchev–Trinajstić information content (AvgIpc) is 2.69. The number of phenols is 1. The highest BCUT2D eigenvalue weighted by Gasteiger charge is 2.11. The summed E-state index contributed by atoms with van der Waals surface area (Å²) in [6.07, 6.45) is 1.69. The number of para-hydroxylation sites is 2. The van der Waals surface area contributed by atoms with Gasteiger partial charge in [-0.1, -0.05) is 12.1 Å². The van der Waals surface area contributed by atoms with E-state index in [1.54, 1.807) is 24.4 Å². The lowest BCUT2D eigenvalue weighted by Gasteiger charge is -2.14. The second kappa shape index (κ2) is 5.00. The van der Waals surface area contributed by atoms with Gasteiger partial charge in [-0.15, -0.1) is 0 Å². The quantitative estimate of drug-likeness (QED) is 0.869. The average molecular weight is 247 g/mol. The molecule has 0 unspecified atom stereocenters. The molecule has 0 bridgehead atoms. The summed E-state index contributed by atoms with van der Waals surface area (Å²) < 4.78 is 7.46. The minimum absolute atomic E-state index is 0.126. The predicted octanol–water partition coefficient (Wildman–Crippen LogP) is 2.33. The molecular weight excluding hydrogens is 230 g/mol. The van der Waals surface area contributed by atoms with Crippen molar-refractivity contribution in [1.82, 2.24) is 9.55 Å². The summed E-state index contributed by atoms with van der Waals surface area (Å²) in [7, 11) is 0. The van der Waals surface area contributed by atoms with E-state index >= 15 is 0 Å². The Morgan fingerprint density at radius 3 is 2.78 bits per heavy atom. The third-order valence-electron chi connectivity index (χ3n) is 2.66. The third kappa shape index (κ3) is 2.40. The third-order valence-corrected chi connectivity index (χ3v) is 2.66. The summed E-state index contributed by atoms with van der Waals surface area (Å²) in [6, 6.07) is 7.08. The fourth-order valence-corrected chi connectivity index (χ4v) is 1.85. The summed E-state index contributed by atoms with van der Waals surface area (Å²) in [5.41, 5.74) is 6.67. The summed E-state index contributed by atoms with van der Waals surface area (Å²) in [4.78, 5) is 4.07. The highest BCUT2D eigenvalue weighted by atomic mass is 16.5. The molecule has 5 heteroatoms. The summed E-state index contributed by atoms with van der Waals surface area (Å²) in [5.74, 6) is 1.05. The van der Waals surface area contributed by atoms with Gasteiger partial charge in [-0.2, -0.15) is 0 Å². The number of hydrogen-bond acceptors (Lipinski definition) is 4. The lowest BCUT2D eigenvalue weighted by molar-refractivity contribution is 0.277. The maximum absolute atomic E-state index is 9.60. The van der Waals surface area contributed by atoms with Gasteiger partial charge < -0.3 is 20.1 Å². The standard InChI is InChI=1S/C13H17N3O2/c1-9(2)16-10(7-15-13(16)14)8-18-12-6-4-3-5-11(12)17/h3-7,9,17H,8H2,1-2H3,(H2,14,15). The summed E-state index contributed by atoms with van der Waals surface area (Å²) in [5, 5.41) is 9.60. The Hall–Kier alpha value is -2.17. The lowest BCUT2D eigenvalue weighted by atomic mass is 10.3. The molecule has 18 heavy (non-hydrogen) atoms. The van der Waals surface area contributed by atoms with Crippen LogP contribution in [-0.2, 0) is 6.61 Å². The Balaban J connectivity index is 2.14. The zero-order chi connectivity index (χ0) is 13.1. The second-order valence-corrected chi connectivity index (χ2v) is 4.33. The molecule has 2 rings (SSSR count). The van der Waals surface area contributed by atoms with Crippen molar-refractivity contribution >= 4 is 5.95 Å². The van der Waals surface area contributed by atoms with Crippen LogP contribution >= 0.6 is 0 Å². The van der Waals surface area contributed by atoms with Crippen molar-refractivity contribution in [3.63, 3.8) is 0 Å². The van der Waals surface area contributed by atoms with Crippen molar-refractivity contribution in [3.8, 4) is 11.5 Å². The van der Waals surface area contributed by atoms with Crippen LogP contribution in [0.3, 0.4) is 0 Å². The summed E-state index contributed by atoms with van der Waals surface area (Å²) in [6.45, 7) is 4.38. The molecule has 0 atom stereocenters. The molecule has 0 amide bonds. The van der Waals surface area contributed by atoms with Crippen LogP contribution in [0.1, 0.15) is 25.6 Å². The van der Waals surface area contributed by atoms with Crippen LogP contribution in [0.2, 0.25) is 0 Å². The number of nitrogens with zero attached hydrogens (tertiary/aromatic N) is 2. The van der Waals surface area contributed by atoms with Crippen LogP contribution in [0.5, 0.6) is 11.5 Å². The molecule has 0 spiro atoms. The van der Waals surface area contributed by atoms with Gasteiger partial charge in [0.2, 0.25) is 5.95 Å². The van der Waals surface area contributed by atoms with Gasteiger partial charge in [0.1, 0.15) is 6.61 Å². The number of ether oxygens (including phenoxy) is 1. The Labute approximate surface area is 106 Å². The van der Waals surface area contributed by atoms with Crippen LogP contribution in [0, 0.1) is 0 Å². The molecule has 1 aromatic heterocycles. The van der Waals surface area contributed by atoms with E-state index in [1.165, 1.54) is 0 Å². The Morgan fingerprint density at radius 1 is 1.39 bits per heavy atom. The van der Waals surface area contributed by atoms with Crippen LogP contribution in [0.15, 0.2) is 30.5 Å². The number of anilines is 1. The number of nitrogen functional groups attached to an aromatic ring is 1. The SMILES string of the molecule is CC(C)n1c(COc2ccccc2O)cnc1N. The number of hydrogen-bond donors (Lipinski definition) is 2. The van der Waals surface area contributed by atoms with E-state index in [9.17, 15) is 5.11 Å². The van der Waals surface area contributed by atoms with Crippen molar-refractivity contribution in [1.29, 1.82) is 0 Å². The molecule has 0 saturated carbocycles. The van der Waals surface area contributed by atoms with Gasteiger partial charge >= 0.3 is 0 Å². The number of rotatable bonds is 4. The van der Waals surface area contributed by atoms with Gasteiger partial charge in [0.25, 0.3) is 0 Å². The Bertz CT molecular complexity index is 535. The van der Waals surface area contributed by atoms with E-state index in [1.807, 2.05) is 24.5 Å². The predicted molar refractivity (Wildman–Crippen MR) is 69.5 cm³/mol. The molecule has 0 aliphatic carbocycles. The van der Waals surface area contributed by atoms with E-state index in [-0.39, 0.29) is 11.8 Å². The largest absolute Gasteiger partial charge is 0.504 e. The molecule has 0 radical (unpaired) electrons. The molecule has 0 fully saturated rings. The van der Waals surface area contributed by atoms with Crippen molar-refractivity contribution in [2.45, 2.75) is 26.5 Å². The number of benzene rings is 1. The van der Waals surface area contributed by atoms with Crippen molar-refractivity contribution in [2.24, 2.45) is 0 Å². The molecule has 1 aromatic carbocycles. The molecule has 2 aromatic rings. The lowest BCUT2D eigenvalue weighted by Crippen LogP contribution is -2.11. The minimum atomic E-state index is 0.126. The van der Waals surface area contributed by atoms with E-state index in [0.717, 1.165) is 5.69 Å². The van der Waals surface area contributed by atoms with Crippen LogP contribution in [0.4, 0.5) is 5.95 Å². The first-order valence-electron chi connectivity index (χ1n) is 5.82. The van der Waals surface area contributed by atoms with E-state index in [2.05, 4.69) is 4.98 Å². The molecule has 5 nitrogen and oxygen atoms in total. The van der Waals surface area contributed by atoms with Gasteiger partial charge in [0.15, 0.2) is 11.5 Å². The van der Waals surface area contributed by atoms with Crippen molar-refractivity contribution in [3.05, 3.63) is 36.2 Å².